The Morgan fingerprint density at radius 3 is 2.62 bits per heavy atom. The van der Waals surface area contributed by atoms with Crippen LogP contribution in [0.1, 0.15) is 81.4 Å². The Balaban J connectivity index is 1.21. The standard InChI is InChI=1S/C40H45F4N5O4/c1-3-27-29(41)9-8-24-21-26(50)22-28(31(24)27)34-33(42)35-32(37(45-34)51-2)36(48-16-6-19-52-20-18-48)47-38(46-35)53-23-39-12-4-7-30(39)49(17-5-13-39)25-10-14-40(43,44)15-11-25/h1,8-9,21-22,25,30,34,45,50H,4-7,10-20,23H2,2H3/t30-,34?,39-/m1/s1. The molecular formula is C40H45F4N5O4. The molecule has 2 N–H and O–H groups in total. The first-order valence-corrected chi connectivity index (χ1v) is 18.7. The van der Waals surface area contributed by atoms with E-state index in [2.05, 4.69) is 16.1 Å². The molecule has 2 aromatic carbocycles. The highest BCUT2D eigenvalue weighted by Gasteiger charge is 2.51. The largest absolute Gasteiger partial charge is 0.508 e. The van der Waals surface area contributed by atoms with Gasteiger partial charge in [0.15, 0.2) is 5.83 Å². The predicted octanol–water partition coefficient (Wildman–Crippen LogP) is 5.41. The van der Waals surface area contributed by atoms with Gasteiger partial charge in [0.2, 0.25) is 11.8 Å². The normalized spacial score (nSPS) is 26.4. The van der Waals surface area contributed by atoms with Gasteiger partial charge in [-0.05, 0) is 80.6 Å². The van der Waals surface area contributed by atoms with Crippen LogP contribution in [-0.4, -0.2) is 84.5 Å². The molecule has 2 saturated heterocycles. The number of rotatable bonds is 7. The van der Waals surface area contributed by atoms with Crippen molar-refractivity contribution in [2.75, 3.05) is 51.5 Å². The number of likely N-dealkylation sites (tertiary alicyclic amines) is 1. The minimum atomic E-state index is -2.59. The van der Waals surface area contributed by atoms with Crippen molar-refractivity contribution in [2.45, 2.75) is 88.3 Å². The van der Waals surface area contributed by atoms with E-state index >= 15 is 8.78 Å². The number of methoxy groups -OCH3 is 1. The van der Waals surface area contributed by atoms with E-state index in [0.29, 0.717) is 62.2 Å². The van der Waals surface area contributed by atoms with Gasteiger partial charge >= 0.3 is 6.01 Å². The van der Waals surface area contributed by atoms with Crippen LogP contribution in [0.4, 0.5) is 23.4 Å². The first kappa shape index (κ1) is 35.7. The molecule has 9 nitrogen and oxygen atoms in total. The molecule has 3 aliphatic heterocycles. The van der Waals surface area contributed by atoms with Crippen LogP contribution < -0.4 is 25.5 Å². The number of phenolic OH excluding ortho intramolecular Hbond substituents is 1. The summed E-state index contributed by atoms with van der Waals surface area (Å²) in [6, 6.07) is 4.62. The van der Waals surface area contributed by atoms with Gasteiger partial charge in [-0.1, -0.05) is 18.4 Å². The minimum Gasteiger partial charge on any atom is -0.508 e. The van der Waals surface area contributed by atoms with Crippen molar-refractivity contribution in [1.82, 2.24) is 20.2 Å². The smallest absolute Gasteiger partial charge is 0.319 e. The summed E-state index contributed by atoms with van der Waals surface area (Å²) in [5, 5.41) is 14.8. The average Bonchev–Trinajstić information content (AvgIpc) is 3.40. The lowest BCUT2D eigenvalue weighted by Crippen LogP contribution is -2.56. The number of terminal acetylenes is 1. The summed E-state index contributed by atoms with van der Waals surface area (Å²) in [5.41, 5.74) is -0.0467. The number of piperidine rings is 1. The lowest BCUT2D eigenvalue weighted by Gasteiger charge is -2.50. The van der Waals surface area contributed by atoms with E-state index in [0.717, 1.165) is 45.1 Å². The minimum absolute atomic E-state index is 0.0146. The fourth-order valence-corrected chi connectivity index (χ4v) is 9.61. The Labute approximate surface area is 306 Å². The number of nitrogens with zero attached hydrogens (tertiary/aromatic N) is 4. The number of phenols is 1. The number of aromatic nitrogens is 2. The number of aromatic hydroxyl groups is 1. The fourth-order valence-electron chi connectivity index (χ4n) is 9.61. The van der Waals surface area contributed by atoms with Crippen molar-refractivity contribution < 1.29 is 36.9 Å². The quantitative estimate of drug-likeness (QED) is 0.244. The second-order valence-electron chi connectivity index (χ2n) is 15.2. The van der Waals surface area contributed by atoms with Crippen molar-refractivity contribution in [2.24, 2.45) is 5.41 Å². The number of hydrogen-bond acceptors (Lipinski definition) is 9. The molecule has 4 heterocycles. The Morgan fingerprint density at radius 1 is 1.02 bits per heavy atom. The molecule has 0 amide bonds. The number of alkyl halides is 2. The van der Waals surface area contributed by atoms with E-state index in [-0.39, 0.29) is 69.8 Å². The van der Waals surface area contributed by atoms with Gasteiger partial charge in [-0.3, -0.25) is 4.90 Å². The second kappa shape index (κ2) is 14.2. The first-order valence-electron chi connectivity index (χ1n) is 18.7. The highest BCUT2D eigenvalue weighted by molar-refractivity contribution is 5.94. The number of ether oxygens (including phenoxy) is 3. The van der Waals surface area contributed by atoms with Crippen molar-refractivity contribution in [3.05, 3.63) is 51.8 Å². The Morgan fingerprint density at radius 2 is 1.83 bits per heavy atom. The SMILES string of the molecule is C#Cc1c(F)ccc2cc(O)cc(C3NC(OC)=c4c(N5CCCOCC5)nc(OC[C@]56CCC[C@H]5N(C5CCC(F)(F)CC5)CCC6)nc4=C3F)c12. The van der Waals surface area contributed by atoms with E-state index in [4.69, 9.17) is 30.6 Å². The topological polar surface area (TPSA) is 92.2 Å². The van der Waals surface area contributed by atoms with Gasteiger partial charge in [0, 0.05) is 55.4 Å². The van der Waals surface area contributed by atoms with E-state index in [1.807, 2.05) is 4.90 Å². The predicted molar refractivity (Wildman–Crippen MR) is 192 cm³/mol. The summed E-state index contributed by atoms with van der Waals surface area (Å²) in [6.45, 7) is 3.31. The van der Waals surface area contributed by atoms with Crippen LogP contribution in [0.2, 0.25) is 0 Å². The second-order valence-corrected chi connectivity index (χ2v) is 15.2. The molecule has 8 rings (SSSR count). The molecule has 3 aromatic rings. The summed E-state index contributed by atoms with van der Waals surface area (Å²) in [5.74, 6) is -1.05. The van der Waals surface area contributed by atoms with Gasteiger partial charge in [-0.25, -0.2) is 17.6 Å². The van der Waals surface area contributed by atoms with Crippen LogP contribution in [0, 0.1) is 23.6 Å². The molecule has 1 unspecified atom stereocenters. The molecule has 13 heteroatoms. The van der Waals surface area contributed by atoms with Gasteiger partial charge in [0.25, 0.3) is 0 Å². The third-order valence-corrected chi connectivity index (χ3v) is 12.1. The number of fused-ring (bicyclic) bond motifs is 3. The molecular weight excluding hydrogens is 690 g/mol. The number of anilines is 1. The van der Waals surface area contributed by atoms with Crippen molar-refractivity contribution in [1.29, 1.82) is 0 Å². The summed E-state index contributed by atoms with van der Waals surface area (Å²) < 4.78 is 78.6. The zero-order valence-corrected chi connectivity index (χ0v) is 29.9. The van der Waals surface area contributed by atoms with Gasteiger partial charge in [-0.15, -0.1) is 6.42 Å². The van der Waals surface area contributed by atoms with E-state index in [9.17, 15) is 13.9 Å². The zero-order valence-electron chi connectivity index (χ0n) is 29.9. The molecule has 0 bridgehead atoms. The molecule has 4 fully saturated rings. The van der Waals surface area contributed by atoms with Crippen LogP contribution in [0.15, 0.2) is 24.3 Å². The summed E-state index contributed by atoms with van der Waals surface area (Å²) in [4.78, 5) is 14.1. The molecule has 5 aliphatic rings. The lowest BCUT2D eigenvalue weighted by molar-refractivity contribution is -0.0801. The Kier molecular flexibility index (Phi) is 9.56. The Bertz CT molecular complexity index is 2060. The molecule has 2 aliphatic carbocycles. The molecule has 53 heavy (non-hydrogen) atoms. The number of benzene rings is 2. The maximum Gasteiger partial charge on any atom is 0.319 e. The van der Waals surface area contributed by atoms with Gasteiger partial charge in [0.05, 0.1) is 25.9 Å². The summed E-state index contributed by atoms with van der Waals surface area (Å²) >= 11 is 0. The molecule has 2 saturated carbocycles. The van der Waals surface area contributed by atoms with Crippen molar-refractivity contribution >= 4 is 28.3 Å². The maximum atomic E-state index is 17.3. The monoisotopic (exact) mass is 735 g/mol. The zero-order chi connectivity index (χ0) is 36.9. The molecule has 282 valence electrons. The fraction of sp³-hybridized carbons (Fsp3) is 0.550. The third-order valence-electron chi connectivity index (χ3n) is 12.1. The maximum absolute atomic E-state index is 17.3. The van der Waals surface area contributed by atoms with Crippen LogP contribution in [0.3, 0.4) is 0 Å². The van der Waals surface area contributed by atoms with Crippen LogP contribution in [0.5, 0.6) is 11.8 Å². The van der Waals surface area contributed by atoms with E-state index < -0.39 is 23.6 Å². The summed E-state index contributed by atoms with van der Waals surface area (Å²) in [7, 11) is 1.46. The molecule has 3 atom stereocenters. The average molecular weight is 736 g/mol. The van der Waals surface area contributed by atoms with Crippen LogP contribution >= 0.6 is 0 Å². The van der Waals surface area contributed by atoms with Crippen molar-refractivity contribution in [3.8, 4) is 24.1 Å². The van der Waals surface area contributed by atoms with E-state index in [1.54, 1.807) is 0 Å². The highest BCUT2D eigenvalue weighted by atomic mass is 19.3. The van der Waals surface area contributed by atoms with E-state index in [1.165, 1.54) is 31.4 Å². The molecule has 1 aromatic heterocycles. The third kappa shape index (κ3) is 6.52. The number of nitrogens with one attached hydrogen (secondary N) is 1. The lowest BCUT2D eigenvalue weighted by atomic mass is 9.74. The van der Waals surface area contributed by atoms with Crippen LogP contribution in [0.25, 0.3) is 22.5 Å². The highest BCUT2D eigenvalue weighted by Crippen LogP contribution is 2.50. The van der Waals surface area contributed by atoms with Gasteiger partial charge < -0.3 is 29.5 Å². The van der Waals surface area contributed by atoms with Crippen molar-refractivity contribution in [3.63, 3.8) is 0 Å². The summed E-state index contributed by atoms with van der Waals surface area (Å²) in [6.07, 6.45) is 12.1. The van der Waals surface area contributed by atoms with Gasteiger partial charge in [-0.2, -0.15) is 9.97 Å². The molecule has 0 radical (unpaired) electrons. The Hall–Kier alpha value is -4.28. The number of hydrogen-bond donors (Lipinski definition) is 2. The van der Waals surface area contributed by atoms with Crippen LogP contribution in [-0.2, 0) is 9.47 Å². The first-order chi connectivity index (χ1) is 25.6. The molecule has 0 spiro atoms. The number of halogens is 4. The van der Waals surface area contributed by atoms with Gasteiger partial charge in [0.1, 0.15) is 34.0 Å².